The molecule has 0 radical (unpaired) electrons. The second-order valence-corrected chi connectivity index (χ2v) is 8.48. The van der Waals surface area contributed by atoms with Crippen molar-refractivity contribution in [3.8, 4) is 0 Å². The van der Waals surface area contributed by atoms with E-state index < -0.39 is 10.0 Å². The number of carbonyl (C=O) groups is 1. The second kappa shape index (κ2) is 6.59. The minimum Gasteiger partial charge on any atom is -0.345 e. The van der Waals surface area contributed by atoms with Crippen molar-refractivity contribution < 1.29 is 13.2 Å². The molecule has 5 nitrogen and oxygen atoms in total. The summed E-state index contributed by atoms with van der Waals surface area (Å²) in [6.07, 6.45) is 0. The first-order valence-electron chi connectivity index (χ1n) is 7.69. The van der Waals surface area contributed by atoms with Crippen LogP contribution in [-0.2, 0) is 10.0 Å². The molecule has 0 saturated carbocycles. The third-order valence-corrected chi connectivity index (χ3v) is 6.27. The van der Waals surface area contributed by atoms with Crippen molar-refractivity contribution in [2.75, 3.05) is 0 Å². The highest BCUT2D eigenvalue weighted by Gasteiger charge is 2.18. The number of fused-ring (bicyclic) bond motifs is 1. The van der Waals surface area contributed by atoms with Gasteiger partial charge < -0.3 is 5.32 Å². The average Bonchev–Trinajstić information content (AvgIpc) is 2.91. The van der Waals surface area contributed by atoms with Gasteiger partial charge in [-0.05, 0) is 48.6 Å². The number of amides is 1. The minimum absolute atomic E-state index is 0.0316. The maximum atomic E-state index is 12.7. The van der Waals surface area contributed by atoms with Crippen LogP contribution in [0.15, 0.2) is 53.4 Å². The molecule has 3 N–H and O–H groups in total. The first-order valence-corrected chi connectivity index (χ1v) is 10.1. The number of sulfonamides is 1. The number of hydrogen-bond acceptors (Lipinski definition) is 4. The van der Waals surface area contributed by atoms with Crippen LogP contribution in [0.2, 0.25) is 0 Å². The van der Waals surface area contributed by atoms with Crippen molar-refractivity contribution >= 4 is 37.4 Å². The minimum atomic E-state index is -3.77. The Balaban J connectivity index is 1.86. The molecule has 0 aliphatic rings. The Kier molecular flexibility index (Phi) is 4.64. The molecule has 0 aliphatic heterocycles. The van der Waals surface area contributed by atoms with Crippen molar-refractivity contribution in [3.05, 3.63) is 64.5 Å². The van der Waals surface area contributed by atoms with Crippen molar-refractivity contribution in [2.45, 2.75) is 24.8 Å². The standard InChI is InChI=1S/C18H18N2O3S2/c1-11-15-8-3-4-9-16(15)24-17(11)18(21)20-12(2)13-6-5-7-14(10-13)25(19,22)23/h3-10,12H,1-2H3,(H,20,21)(H2,19,22,23). The third-order valence-electron chi connectivity index (χ3n) is 4.08. The summed E-state index contributed by atoms with van der Waals surface area (Å²) in [4.78, 5) is 13.4. The van der Waals surface area contributed by atoms with Crippen LogP contribution in [0.3, 0.4) is 0 Å². The zero-order valence-corrected chi connectivity index (χ0v) is 15.4. The predicted molar refractivity (Wildman–Crippen MR) is 100 cm³/mol. The number of primary sulfonamides is 1. The van der Waals surface area contributed by atoms with Crippen molar-refractivity contribution in [1.82, 2.24) is 5.32 Å². The Labute approximate surface area is 150 Å². The monoisotopic (exact) mass is 374 g/mol. The zero-order valence-electron chi connectivity index (χ0n) is 13.8. The van der Waals surface area contributed by atoms with E-state index in [-0.39, 0.29) is 16.8 Å². The van der Waals surface area contributed by atoms with Gasteiger partial charge in [0.25, 0.3) is 5.91 Å². The third kappa shape index (κ3) is 3.58. The van der Waals surface area contributed by atoms with Gasteiger partial charge in [-0.1, -0.05) is 30.3 Å². The largest absolute Gasteiger partial charge is 0.345 e. The summed E-state index contributed by atoms with van der Waals surface area (Å²) >= 11 is 1.45. The fourth-order valence-corrected chi connectivity index (χ4v) is 4.38. The SMILES string of the molecule is Cc1c(C(=O)NC(C)c2cccc(S(N)(=O)=O)c2)sc2ccccc12. The molecule has 25 heavy (non-hydrogen) atoms. The number of nitrogens with one attached hydrogen (secondary N) is 1. The quantitative estimate of drug-likeness (QED) is 0.734. The van der Waals surface area contributed by atoms with Crippen molar-refractivity contribution in [2.24, 2.45) is 5.14 Å². The highest BCUT2D eigenvalue weighted by Crippen LogP contribution is 2.31. The van der Waals surface area contributed by atoms with Gasteiger partial charge in [0.05, 0.1) is 15.8 Å². The number of benzene rings is 2. The number of aryl methyl sites for hydroxylation is 1. The average molecular weight is 374 g/mol. The molecule has 130 valence electrons. The van der Waals surface area contributed by atoms with E-state index in [1.54, 1.807) is 12.1 Å². The fraction of sp³-hybridized carbons (Fsp3) is 0.167. The maximum Gasteiger partial charge on any atom is 0.262 e. The van der Waals surface area contributed by atoms with E-state index in [4.69, 9.17) is 5.14 Å². The van der Waals surface area contributed by atoms with E-state index in [9.17, 15) is 13.2 Å². The zero-order chi connectivity index (χ0) is 18.2. The summed E-state index contributed by atoms with van der Waals surface area (Å²) in [5.41, 5.74) is 1.63. The van der Waals surface area contributed by atoms with Crippen LogP contribution in [0.5, 0.6) is 0 Å². The van der Waals surface area contributed by atoms with E-state index >= 15 is 0 Å². The Hall–Kier alpha value is -2.22. The van der Waals surface area contributed by atoms with E-state index in [2.05, 4.69) is 5.32 Å². The molecule has 2 aromatic carbocycles. The highest BCUT2D eigenvalue weighted by atomic mass is 32.2. The van der Waals surface area contributed by atoms with E-state index in [0.29, 0.717) is 10.4 Å². The molecule has 0 fully saturated rings. The van der Waals surface area contributed by atoms with Crippen LogP contribution < -0.4 is 10.5 Å². The normalized spacial score (nSPS) is 12.9. The van der Waals surface area contributed by atoms with Crippen LogP contribution in [-0.4, -0.2) is 14.3 Å². The summed E-state index contributed by atoms with van der Waals surface area (Å²) in [7, 11) is -3.77. The van der Waals surface area contributed by atoms with E-state index in [1.165, 1.54) is 23.5 Å². The summed E-state index contributed by atoms with van der Waals surface area (Å²) in [5, 5.41) is 9.17. The molecule has 0 bridgehead atoms. The topological polar surface area (TPSA) is 89.3 Å². The van der Waals surface area contributed by atoms with Crippen LogP contribution in [0.4, 0.5) is 0 Å². The van der Waals surface area contributed by atoms with Gasteiger partial charge in [0.2, 0.25) is 10.0 Å². The Morgan fingerprint density at radius 1 is 1.16 bits per heavy atom. The lowest BCUT2D eigenvalue weighted by Crippen LogP contribution is -2.26. The van der Waals surface area contributed by atoms with Crippen molar-refractivity contribution in [3.63, 3.8) is 0 Å². The maximum absolute atomic E-state index is 12.7. The molecule has 1 atom stereocenters. The summed E-state index contributed by atoms with van der Waals surface area (Å²) in [5.74, 6) is -0.174. The molecule has 0 saturated heterocycles. The van der Waals surface area contributed by atoms with Gasteiger partial charge in [-0.25, -0.2) is 13.6 Å². The number of thiophene rings is 1. The molecule has 1 amide bonds. The molecule has 1 aromatic heterocycles. The summed E-state index contributed by atoms with van der Waals surface area (Å²) in [6.45, 7) is 3.74. The number of nitrogens with two attached hydrogens (primary N) is 1. The molecule has 0 aliphatic carbocycles. The smallest absolute Gasteiger partial charge is 0.262 e. The molecular weight excluding hydrogens is 356 g/mol. The highest BCUT2D eigenvalue weighted by molar-refractivity contribution is 7.89. The fourth-order valence-electron chi connectivity index (χ4n) is 2.70. The number of carbonyl (C=O) groups excluding carboxylic acids is 1. The number of rotatable bonds is 4. The lowest BCUT2D eigenvalue weighted by atomic mass is 10.1. The lowest BCUT2D eigenvalue weighted by molar-refractivity contribution is 0.0943. The molecule has 1 heterocycles. The summed E-state index contributed by atoms with van der Waals surface area (Å²) in [6, 6.07) is 13.8. The molecule has 3 rings (SSSR count). The second-order valence-electron chi connectivity index (χ2n) is 5.86. The van der Waals surface area contributed by atoms with Gasteiger partial charge in [0.1, 0.15) is 0 Å². The van der Waals surface area contributed by atoms with Gasteiger partial charge in [-0.2, -0.15) is 0 Å². The molecule has 7 heteroatoms. The number of hydrogen-bond donors (Lipinski definition) is 2. The van der Waals surface area contributed by atoms with Gasteiger partial charge in [-0.3, -0.25) is 4.79 Å². The lowest BCUT2D eigenvalue weighted by Gasteiger charge is -2.15. The van der Waals surface area contributed by atoms with Crippen molar-refractivity contribution in [1.29, 1.82) is 0 Å². The van der Waals surface area contributed by atoms with Gasteiger partial charge in [-0.15, -0.1) is 11.3 Å². The Morgan fingerprint density at radius 3 is 2.56 bits per heavy atom. The first kappa shape index (κ1) is 17.6. The Bertz CT molecular complexity index is 1060. The van der Waals surface area contributed by atoms with Crippen LogP contribution in [0, 0.1) is 6.92 Å². The van der Waals surface area contributed by atoms with E-state index in [0.717, 1.165) is 15.6 Å². The Morgan fingerprint density at radius 2 is 1.88 bits per heavy atom. The molecular formula is C18H18N2O3S2. The molecule has 3 aromatic rings. The van der Waals surface area contributed by atoms with Crippen LogP contribution in [0.1, 0.15) is 33.8 Å². The predicted octanol–water partition coefficient (Wildman–Crippen LogP) is 3.35. The van der Waals surface area contributed by atoms with Gasteiger partial charge in [0, 0.05) is 4.70 Å². The van der Waals surface area contributed by atoms with Crippen LogP contribution in [0.25, 0.3) is 10.1 Å². The molecule has 0 spiro atoms. The van der Waals surface area contributed by atoms with Gasteiger partial charge >= 0.3 is 0 Å². The van der Waals surface area contributed by atoms with Gasteiger partial charge in [0.15, 0.2) is 0 Å². The molecule has 1 unspecified atom stereocenters. The van der Waals surface area contributed by atoms with Crippen LogP contribution >= 0.6 is 11.3 Å². The first-order chi connectivity index (χ1) is 11.8. The summed E-state index contributed by atoms with van der Waals surface area (Å²) < 4.78 is 24.0. The van der Waals surface area contributed by atoms with E-state index in [1.807, 2.05) is 38.1 Å².